The smallest absolute Gasteiger partial charge is 0.383 e. The zero-order valence-electron chi connectivity index (χ0n) is 7.12. The zero-order chi connectivity index (χ0) is 7.40. The van der Waals surface area contributed by atoms with Crippen molar-refractivity contribution < 1.29 is 4.74 Å². The first kappa shape index (κ1) is 11.7. The number of hydrogen-bond acceptors (Lipinski definition) is 3. The fourth-order valence-corrected chi connectivity index (χ4v) is 2.11. The summed E-state index contributed by atoms with van der Waals surface area (Å²) in [5, 5.41) is 0. The highest BCUT2D eigenvalue weighted by molar-refractivity contribution is 6.28. The van der Waals surface area contributed by atoms with Crippen molar-refractivity contribution in [1.82, 2.24) is 7.77 Å². The molecule has 1 aliphatic heterocycles. The van der Waals surface area contributed by atoms with E-state index in [0.29, 0.717) is 15.7 Å². The molecule has 1 aliphatic rings. The Bertz CT molecular complexity index is 98.6. The van der Waals surface area contributed by atoms with Crippen LogP contribution in [0.3, 0.4) is 0 Å². The SMILES string of the molecule is C[N](C)[Al][N]1CCOCC1.Cl. The van der Waals surface area contributed by atoms with Crippen molar-refractivity contribution in [3.63, 3.8) is 0 Å². The molecule has 1 radical (unpaired) electrons. The second-order valence-electron chi connectivity index (χ2n) is 2.73. The molecule has 0 spiro atoms. The van der Waals surface area contributed by atoms with Gasteiger partial charge in [0.25, 0.3) is 0 Å². The van der Waals surface area contributed by atoms with Crippen LogP contribution in [0.2, 0.25) is 0 Å². The lowest BCUT2D eigenvalue weighted by atomic mass is 10.5. The molecular weight excluding hydrogens is 179 g/mol. The molecule has 0 aromatic carbocycles. The number of morpholine rings is 1. The van der Waals surface area contributed by atoms with Crippen LogP contribution >= 0.6 is 12.4 Å². The van der Waals surface area contributed by atoms with E-state index in [-0.39, 0.29) is 12.4 Å². The van der Waals surface area contributed by atoms with Gasteiger partial charge in [0.15, 0.2) is 0 Å². The monoisotopic (exact) mass is 193 g/mol. The molecule has 0 aromatic heterocycles. The Hall–Kier alpha value is 0.702. The lowest BCUT2D eigenvalue weighted by molar-refractivity contribution is 0.0701. The first-order chi connectivity index (χ1) is 4.79. The van der Waals surface area contributed by atoms with E-state index in [9.17, 15) is 0 Å². The summed E-state index contributed by atoms with van der Waals surface area (Å²) in [6, 6.07) is 0. The molecule has 1 heterocycles. The molecule has 0 aliphatic carbocycles. The van der Waals surface area contributed by atoms with Gasteiger partial charge in [0.05, 0.1) is 13.2 Å². The predicted octanol–water partition coefficient (Wildman–Crippen LogP) is -0.164. The first-order valence-corrected chi connectivity index (χ1v) is 4.65. The molecule has 0 unspecified atom stereocenters. The molecule has 0 N–H and O–H groups in total. The molecule has 0 aromatic rings. The Balaban J connectivity index is 0.000001000. The van der Waals surface area contributed by atoms with Gasteiger partial charge < -0.3 is 12.5 Å². The molecule has 3 nitrogen and oxygen atoms in total. The fraction of sp³-hybridized carbons (Fsp3) is 1.00. The summed E-state index contributed by atoms with van der Waals surface area (Å²) in [5.41, 5.74) is 0. The van der Waals surface area contributed by atoms with Gasteiger partial charge in [0.2, 0.25) is 0 Å². The average molecular weight is 194 g/mol. The summed E-state index contributed by atoms with van der Waals surface area (Å²) < 4.78 is 9.98. The Morgan fingerprint density at radius 3 is 2.27 bits per heavy atom. The number of nitrogens with zero attached hydrogens (tertiary/aromatic N) is 2. The van der Waals surface area contributed by atoms with Gasteiger partial charge in [0.1, 0.15) is 0 Å². The number of halogens is 1. The van der Waals surface area contributed by atoms with Gasteiger partial charge in [-0.3, -0.25) is 0 Å². The number of ether oxygens (including phenoxy) is 1. The van der Waals surface area contributed by atoms with Gasteiger partial charge in [-0.1, -0.05) is 0 Å². The summed E-state index contributed by atoms with van der Waals surface area (Å²) in [6.45, 7) is 4.07. The third kappa shape index (κ3) is 5.02. The van der Waals surface area contributed by atoms with Gasteiger partial charge in [-0.25, -0.2) is 0 Å². The fourth-order valence-electron chi connectivity index (χ4n) is 1.02. The van der Waals surface area contributed by atoms with Gasteiger partial charge in [-0.2, -0.15) is 0 Å². The highest BCUT2D eigenvalue weighted by Gasteiger charge is 2.12. The van der Waals surface area contributed by atoms with Crippen LogP contribution in [0.5, 0.6) is 0 Å². The lowest BCUT2D eigenvalue weighted by Crippen LogP contribution is -2.44. The molecular formula is C6H15AlClN2O. The maximum Gasteiger partial charge on any atom is 0.454 e. The Labute approximate surface area is 81.2 Å². The molecule has 0 bridgehead atoms. The quantitative estimate of drug-likeness (QED) is 0.567. The van der Waals surface area contributed by atoms with Crippen molar-refractivity contribution in [3.8, 4) is 0 Å². The summed E-state index contributed by atoms with van der Waals surface area (Å²) in [6.07, 6.45) is 0. The number of rotatable bonds is 2. The molecule has 0 atom stereocenters. The van der Waals surface area contributed by atoms with E-state index in [0.717, 1.165) is 26.3 Å². The molecule has 0 amide bonds. The molecule has 1 fully saturated rings. The van der Waals surface area contributed by atoms with Crippen LogP contribution in [-0.2, 0) is 4.74 Å². The van der Waals surface area contributed by atoms with E-state index in [4.69, 9.17) is 4.74 Å². The highest BCUT2D eigenvalue weighted by atomic mass is 35.5. The van der Waals surface area contributed by atoms with Gasteiger partial charge in [-0.15, -0.1) is 12.4 Å². The van der Waals surface area contributed by atoms with Crippen LogP contribution in [0, 0.1) is 0 Å². The van der Waals surface area contributed by atoms with E-state index >= 15 is 0 Å². The zero-order valence-corrected chi connectivity index (χ0v) is 9.09. The van der Waals surface area contributed by atoms with Gasteiger partial charge in [0, 0.05) is 13.1 Å². The highest BCUT2D eigenvalue weighted by Crippen LogP contribution is 1.93. The van der Waals surface area contributed by atoms with Gasteiger partial charge in [-0.05, 0) is 14.1 Å². The molecule has 11 heavy (non-hydrogen) atoms. The Morgan fingerprint density at radius 2 is 1.82 bits per heavy atom. The van der Waals surface area contributed by atoms with E-state index in [2.05, 4.69) is 21.9 Å². The summed E-state index contributed by atoms with van der Waals surface area (Å²) in [5.74, 6) is 0. The normalized spacial score (nSPS) is 19.5. The second kappa shape index (κ2) is 6.24. The average Bonchev–Trinajstić information content (AvgIpc) is 1.88. The summed E-state index contributed by atoms with van der Waals surface area (Å²) in [4.78, 5) is 0. The van der Waals surface area contributed by atoms with Crippen molar-refractivity contribution in [2.24, 2.45) is 0 Å². The summed E-state index contributed by atoms with van der Waals surface area (Å²) in [7, 11) is 4.26. The predicted molar refractivity (Wildman–Crippen MR) is 49.1 cm³/mol. The van der Waals surface area contributed by atoms with Crippen LogP contribution in [-0.4, -0.2) is 63.8 Å². The third-order valence-electron chi connectivity index (χ3n) is 1.44. The van der Waals surface area contributed by atoms with E-state index in [1.165, 1.54) is 0 Å². The number of hydrogen-bond donors (Lipinski definition) is 0. The van der Waals surface area contributed by atoms with Crippen LogP contribution in [0.4, 0.5) is 0 Å². The van der Waals surface area contributed by atoms with Crippen LogP contribution < -0.4 is 0 Å². The van der Waals surface area contributed by atoms with Crippen molar-refractivity contribution in [2.45, 2.75) is 0 Å². The van der Waals surface area contributed by atoms with E-state index in [1.54, 1.807) is 0 Å². The molecule has 1 saturated heterocycles. The summed E-state index contributed by atoms with van der Waals surface area (Å²) >= 11 is 0.356. The van der Waals surface area contributed by atoms with Crippen molar-refractivity contribution in [2.75, 3.05) is 40.4 Å². The lowest BCUT2D eigenvalue weighted by Gasteiger charge is -2.28. The second-order valence-corrected chi connectivity index (χ2v) is 4.72. The van der Waals surface area contributed by atoms with Crippen LogP contribution in [0.1, 0.15) is 0 Å². The standard InChI is InChI=1S/C4H8NO.C2H6N.Al.ClH/c1-3-6-4-2-5-1;1-3-2;;/h1-4H2;1-2H3;;1H/q2*-1;+2;. The molecule has 65 valence electrons. The minimum absolute atomic E-state index is 0. The Kier molecular flexibility index (Phi) is 6.64. The van der Waals surface area contributed by atoms with Crippen molar-refractivity contribution in [3.05, 3.63) is 0 Å². The molecule has 0 saturated carbocycles. The largest absolute Gasteiger partial charge is 0.454 e. The topological polar surface area (TPSA) is 15.7 Å². The maximum atomic E-state index is 5.23. The first-order valence-electron chi connectivity index (χ1n) is 3.62. The molecule has 5 heteroatoms. The van der Waals surface area contributed by atoms with E-state index < -0.39 is 0 Å². The minimum Gasteiger partial charge on any atom is -0.383 e. The van der Waals surface area contributed by atoms with E-state index in [1.807, 2.05) is 0 Å². The van der Waals surface area contributed by atoms with Crippen LogP contribution in [0.25, 0.3) is 0 Å². The van der Waals surface area contributed by atoms with Gasteiger partial charge >= 0.3 is 15.7 Å². The Morgan fingerprint density at radius 1 is 1.27 bits per heavy atom. The van der Waals surface area contributed by atoms with Crippen molar-refractivity contribution >= 4 is 28.1 Å². The minimum atomic E-state index is 0. The van der Waals surface area contributed by atoms with Crippen LogP contribution in [0.15, 0.2) is 0 Å². The maximum absolute atomic E-state index is 5.23. The third-order valence-corrected chi connectivity index (χ3v) is 2.74. The van der Waals surface area contributed by atoms with Crippen molar-refractivity contribution in [1.29, 1.82) is 0 Å². The molecule has 1 rings (SSSR count).